The van der Waals surface area contributed by atoms with E-state index < -0.39 is 0 Å². The second-order valence-electron chi connectivity index (χ2n) is 8.66. The van der Waals surface area contributed by atoms with E-state index in [2.05, 4.69) is 62.2 Å². The highest BCUT2D eigenvalue weighted by Gasteiger charge is 2.18. The van der Waals surface area contributed by atoms with Crippen LogP contribution < -0.4 is 5.32 Å². The van der Waals surface area contributed by atoms with E-state index in [1.165, 1.54) is 24.0 Å². The molecule has 1 unspecified atom stereocenters. The van der Waals surface area contributed by atoms with Crippen LogP contribution in [0.25, 0.3) is 0 Å². The van der Waals surface area contributed by atoms with Gasteiger partial charge in [0.15, 0.2) is 0 Å². The van der Waals surface area contributed by atoms with Gasteiger partial charge in [-0.15, -0.1) is 0 Å². The number of hydrogen-bond donors (Lipinski definition) is 2. The highest BCUT2D eigenvalue weighted by Crippen LogP contribution is 2.22. The van der Waals surface area contributed by atoms with Gasteiger partial charge in [-0.2, -0.15) is 0 Å². The average Bonchev–Trinajstić information content (AvgIpc) is 2.53. The Balaban J connectivity index is 1.84. The summed E-state index contributed by atoms with van der Waals surface area (Å²) in [5, 5.41) is 13.4. The molecule has 2 rings (SSSR count). The maximum absolute atomic E-state index is 9.66. The van der Waals surface area contributed by atoms with Gasteiger partial charge in [0, 0.05) is 32.2 Å². The fourth-order valence-electron chi connectivity index (χ4n) is 3.24. The third-order valence-electron chi connectivity index (χ3n) is 5.04. The number of piperidine rings is 1. The number of nitrogens with zero attached hydrogens (tertiary/aromatic N) is 1. The Hall–Kier alpha value is -0.900. The fourth-order valence-corrected chi connectivity index (χ4v) is 3.24. The molecule has 0 spiro atoms. The van der Waals surface area contributed by atoms with Gasteiger partial charge in [0.25, 0.3) is 0 Å². The molecule has 2 N–H and O–H groups in total. The van der Waals surface area contributed by atoms with Gasteiger partial charge in [0.2, 0.25) is 0 Å². The van der Waals surface area contributed by atoms with Crippen molar-refractivity contribution in [2.45, 2.75) is 78.6 Å². The number of likely N-dealkylation sites (tertiary alicyclic amines) is 1. The Labute approximate surface area is 148 Å². The minimum atomic E-state index is -0.0955. The summed E-state index contributed by atoms with van der Waals surface area (Å²) in [5.74, 6) is 0. The van der Waals surface area contributed by atoms with Gasteiger partial charge in [-0.25, -0.2) is 0 Å². The van der Waals surface area contributed by atoms with E-state index >= 15 is 0 Å². The smallest absolute Gasteiger partial charge is 0.0564 e. The molecular formula is C21H36N2O. The predicted octanol–water partition coefficient (Wildman–Crippen LogP) is 3.95. The van der Waals surface area contributed by atoms with Crippen molar-refractivity contribution in [1.82, 2.24) is 10.2 Å². The van der Waals surface area contributed by atoms with Crippen LogP contribution in [0.3, 0.4) is 0 Å². The van der Waals surface area contributed by atoms with Gasteiger partial charge >= 0.3 is 0 Å². The summed E-state index contributed by atoms with van der Waals surface area (Å²) in [5.41, 5.74) is 3.24. The van der Waals surface area contributed by atoms with Gasteiger partial charge in [0.05, 0.1) is 6.10 Å². The second kappa shape index (κ2) is 8.98. The van der Waals surface area contributed by atoms with Crippen molar-refractivity contribution in [2.75, 3.05) is 13.1 Å². The molecule has 1 aliphatic heterocycles. The molecule has 1 atom stereocenters. The first-order valence-electron chi connectivity index (χ1n) is 9.54. The molecule has 0 aliphatic carbocycles. The van der Waals surface area contributed by atoms with E-state index in [1.807, 2.05) is 0 Å². The number of nitrogens with one attached hydrogen (secondary N) is 1. The maximum atomic E-state index is 9.66. The largest absolute Gasteiger partial charge is 0.393 e. The fraction of sp³-hybridized carbons (Fsp3) is 0.714. The minimum absolute atomic E-state index is 0.0955. The van der Waals surface area contributed by atoms with Crippen LogP contribution in [0.1, 0.15) is 64.5 Å². The van der Waals surface area contributed by atoms with E-state index in [9.17, 15) is 5.11 Å². The lowest BCUT2D eigenvalue weighted by Gasteiger charge is -2.30. The summed E-state index contributed by atoms with van der Waals surface area (Å²) in [4.78, 5) is 2.47. The first-order valence-corrected chi connectivity index (χ1v) is 9.54. The summed E-state index contributed by atoms with van der Waals surface area (Å²) in [6, 6.07) is 9.32. The molecule has 0 aromatic heterocycles. The number of aliphatic hydroxyl groups is 1. The van der Waals surface area contributed by atoms with E-state index in [4.69, 9.17) is 0 Å². The van der Waals surface area contributed by atoms with Crippen LogP contribution in [0, 0.1) is 5.41 Å². The summed E-state index contributed by atoms with van der Waals surface area (Å²) >= 11 is 0. The van der Waals surface area contributed by atoms with E-state index in [0.717, 1.165) is 39.0 Å². The Bertz CT molecular complexity index is 487. The zero-order valence-electron chi connectivity index (χ0n) is 16.0. The third-order valence-corrected chi connectivity index (χ3v) is 5.04. The van der Waals surface area contributed by atoms with Gasteiger partial charge in [-0.1, -0.05) is 45.0 Å². The molecule has 1 saturated heterocycles. The highest BCUT2D eigenvalue weighted by molar-refractivity contribution is 5.27. The van der Waals surface area contributed by atoms with Crippen molar-refractivity contribution in [3.8, 4) is 0 Å². The summed E-state index contributed by atoms with van der Waals surface area (Å²) in [7, 11) is 0. The molecule has 0 bridgehead atoms. The maximum Gasteiger partial charge on any atom is 0.0564 e. The number of rotatable bonds is 7. The lowest BCUT2D eigenvalue weighted by molar-refractivity contribution is 0.0791. The average molecular weight is 333 g/mol. The molecule has 24 heavy (non-hydrogen) atoms. The quantitative estimate of drug-likeness (QED) is 0.794. The first kappa shape index (κ1) is 19.4. The van der Waals surface area contributed by atoms with E-state index in [0.29, 0.717) is 11.5 Å². The lowest BCUT2D eigenvalue weighted by atomic mass is 9.89. The molecular weight excluding hydrogens is 296 g/mol. The molecule has 1 fully saturated rings. The second-order valence-corrected chi connectivity index (χ2v) is 8.66. The number of benzene rings is 1. The van der Waals surface area contributed by atoms with Crippen LogP contribution in [-0.2, 0) is 13.1 Å². The van der Waals surface area contributed by atoms with Crippen LogP contribution in [0.4, 0.5) is 0 Å². The van der Waals surface area contributed by atoms with Crippen molar-refractivity contribution in [3.63, 3.8) is 0 Å². The van der Waals surface area contributed by atoms with Gasteiger partial charge < -0.3 is 10.4 Å². The molecule has 3 heteroatoms. The zero-order chi connectivity index (χ0) is 17.6. The SMILES string of the molecule is CC(CCC(C)(C)C)NCc1ccccc1CN1CCC(O)CC1. The lowest BCUT2D eigenvalue weighted by Crippen LogP contribution is -2.35. The van der Waals surface area contributed by atoms with Gasteiger partial charge in [0.1, 0.15) is 0 Å². The molecule has 1 aromatic carbocycles. The van der Waals surface area contributed by atoms with Crippen LogP contribution in [0.15, 0.2) is 24.3 Å². The zero-order valence-corrected chi connectivity index (χ0v) is 16.0. The molecule has 136 valence electrons. The third kappa shape index (κ3) is 6.92. The summed E-state index contributed by atoms with van der Waals surface area (Å²) < 4.78 is 0. The van der Waals surface area contributed by atoms with Crippen LogP contribution >= 0.6 is 0 Å². The molecule has 0 saturated carbocycles. The molecule has 0 radical (unpaired) electrons. The predicted molar refractivity (Wildman–Crippen MR) is 102 cm³/mol. The van der Waals surface area contributed by atoms with Crippen LogP contribution in [0.5, 0.6) is 0 Å². The summed E-state index contributed by atoms with van der Waals surface area (Å²) in [6.07, 6.45) is 4.19. The van der Waals surface area contributed by atoms with Crippen molar-refractivity contribution < 1.29 is 5.11 Å². The Morgan fingerprint density at radius 3 is 2.42 bits per heavy atom. The van der Waals surface area contributed by atoms with Crippen molar-refractivity contribution in [2.24, 2.45) is 5.41 Å². The molecule has 1 heterocycles. The number of hydrogen-bond acceptors (Lipinski definition) is 3. The Kier molecular flexibility index (Phi) is 7.27. The standard InChI is InChI=1S/C21H36N2O/c1-17(9-12-21(2,3)4)22-15-18-7-5-6-8-19(18)16-23-13-10-20(24)11-14-23/h5-8,17,20,22,24H,9-16H2,1-4H3. The topological polar surface area (TPSA) is 35.5 Å². The highest BCUT2D eigenvalue weighted by atomic mass is 16.3. The van der Waals surface area contributed by atoms with Crippen molar-refractivity contribution >= 4 is 0 Å². The van der Waals surface area contributed by atoms with Gasteiger partial charge in [-0.3, -0.25) is 4.90 Å². The van der Waals surface area contributed by atoms with Crippen molar-refractivity contribution in [3.05, 3.63) is 35.4 Å². The molecule has 3 nitrogen and oxygen atoms in total. The molecule has 0 amide bonds. The molecule has 1 aliphatic rings. The summed E-state index contributed by atoms with van der Waals surface area (Å²) in [6.45, 7) is 13.2. The Morgan fingerprint density at radius 1 is 1.17 bits per heavy atom. The van der Waals surface area contributed by atoms with E-state index in [1.54, 1.807) is 0 Å². The minimum Gasteiger partial charge on any atom is -0.393 e. The molecule has 1 aromatic rings. The first-order chi connectivity index (χ1) is 11.3. The monoisotopic (exact) mass is 332 g/mol. The number of aliphatic hydroxyl groups excluding tert-OH is 1. The normalized spacial score (nSPS) is 18.7. The Morgan fingerprint density at radius 2 is 1.79 bits per heavy atom. The van der Waals surface area contributed by atoms with Crippen molar-refractivity contribution in [1.29, 1.82) is 0 Å². The van der Waals surface area contributed by atoms with E-state index in [-0.39, 0.29) is 6.10 Å². The van der Waals surface area contributed by atoms with Crippen LogP contribution in [0.2, 0.25) is 0 Å². The van der Waals surface area contributed by atoms with Gasteiger partial charge in [-0.05, 0) is 49.1 Å². The van der Waals surface area contributed by atoms with Crippen LogP contribution in [-0.4, -0.2) is 35.2 Å².